The predicted octanol–water partition coefficient (Wildman–Crippen LogP) is 12.4. The van der Waals surface area contributed by atoms with Crippen molar-refractivity contribution in [2.45, 2.75) is 0 Å². The maximum absolute atomic E-state index is 6.25. The van der Waals surface area contributed by atoms with Gasteiger partial charge in [0.25, 0.3) is 0 Å². The van der Waals surface area contributed by atoms with Gasteiger partial charge in [-0.15, -0.1) is 0 Å². The van der Waals surface area contributed by atoms with Gasteiger partial charge >= 0.3 is 0 Å². The molecule has 0 atom stereocenters. The second kappa shape index (κ2) is 14.6. The Labute approximate surface area is 275 Å². The molecule has 0 radical (unpaired) electrons. The van der Waals surface area contributed by atoms with Gasteiger partial charge in [0.1, 0.15) is 0 Å². The zero-order valence-electron chi connectivity index (χ0n) is 24.6. The Balaban J connectivity index is 1.35. The average molecular weight is 621 g/mol. The normalized spacial score (nSPS) is 10.8. The molecule has 6 aromatic carbocycles. The van der Waals surface area contributed by atoms with Gasteiger partial charge in [-0.1, -0.05) is 157 Å². The quantitative estimate of drug-likeness (QED) is 0.145. The molecule has 0 saturated carbocycles. The molecule has 0 bridgehead atoms. The predicted molar refractivity (Wildman–Crippen MR) is 194 cm³/mol. The lowest BCUT2D eigenvalue weighted by Crippen LogP contribution is -2.10. The van der Waals surface area contributed by atoms with E-state index in [0.29, 0.717) is 10.0 Å². The van der Waals surface area contributed by atoms with E-state index in [0.717, 1.165) is 33.6 Å². The van der Waals surface area contributed by atoms with Crippen LogP contribution in [0.2, 0.25) is 10.0 Å². The molecule has 0 unspecified atom stereocenters. The van der Waals surface area contributed by atoms with E-state index < -0.39 is 0 Å². The van der Waals surface area contributed by atoms with Crippen molar-refractivity contribution in [1.82, 2.24) is 0 Å². The number of halogens is 2. The van der Waals surface area contributed by atoms with E-state index in [1.165, 1.54) is 16.7 Å². The minimum Gasteiger partial charge on any atom is -0.317 e. The maximum atomic E-state index is 6.25. The Hall–Kier alpha value is -5.08. The zero-order valence-corrected chi connectivity index (χ0v) is 26.1. The Kier molecular flexibility index (Phi) is 9.72. The highest BCUT2D eigenvalue weighted by molar-refractivity contribution is 6.31. The lowest BCUT2D eigenvalue weighted by Gasteiger charge is -2.23. The molecule has 0 spiro atoms. The fourth-order valence-corrected chi connectivity index (χ4v) is 5.44. The second-order valence-corrected chi connectivity index (χ2v) is 11.4. The standard InChI is InChI=1S/C42H31Cl2N/c43-37-25-21-35(22-26-37)42(36-23-27-38(44)28-24-36)31-45(39-16-8-3-9-17-39)40-29-19-32(20-30-40)11-10-18-41(33-12-4-1-5-13-33)34-14-6-2-7-15-34/h1-31H. The fourth-order valence-electron chi connectivity index (χ4n) is 5.19. The summed E-state index contributed by atoms with van der Waals surface area (Å²) in [5, 5.41) is 1.40. The van der Waals surface area contributed by atoms with Crippen molar-refractivity contribution < 1.29 is 0 Å². The Morgan fingerprint density at radius 2 is 0.844 bits per heavy atom. The van der Waals surface area contributed by atoms with Gasteiger partial charge in [-0.3, -0.25) is 0 Å². The van der Waals surface area contributed by atoms with Crippen molar-refractivity contribution >= 4 is 51.8 Å². The summed E-state index contributed by atoms with van der Waals surface area (Å²) in [5.74, 6) is 0. The van der Waals surface area contributed by atoms with Crippen molar-refractivity contribution in [3.8, 4) is 0 Å². The zero-order chi connectivity index (χ0) is 30.8. The smallest absolute Gasteiger partial charge is 0.0456 e. The van der Waals surface area contributed by atoms with Crippen LogP contribution in [0.3, 0.4) is 0 Å². The molecule has 45 heavy (non-hydrogen) atoms. The molecule has 218 valence electrons. The number of allylic oxidation sites excluding steroid dienone is 2. The molecular weight excluding hydrogens is 589 g/mol. The van der Waals surface area contributed by atoms with E-state index in [-0.39, 0.29) is 0 Å². The molecule has 0 amide bonds. The van der Waals surface area contributed by atoms with Gasteiger partial charge in [0.05, 0.1) is 0 Å². The van der Waals surface area contributed by atoms with Crippen LogP contribution < -0.4 is 4.90 Å². The second-order valence-electron chi connectivity index (χ2n) is 10.5. The third kappa shape index (κ3) is 7.72. The summed E-state index contributed by atoms with van der Waals surface area (Å²) in [4.78, 5) is 2.22. The van der Waals surface area contributed by atoms with Crippen molar-refractivity contribution in [2.24, 2.45) is 0 Å². The minimum absolute atomic E-state index is 0.701. The molecule has 1 nitrogen and oxygen atoms in total. The van der Waals surface area contributed by atoms with Gasteiger partial charge in [0.2, 0.25) is 0 Å². The number of nitrogens with zero attached hydrogens (tertiary/aromatic N) is 1. The van der Waals surface area contributed by atoms with E-state index in [1.807, 2.05) is 66.7 Å². The number of para-hydroxylation sites is 1. The fraction of sp³-hybridized carbons (Fsp3) is 0. The van der Waals surface area contributed by atoms with Crippen LogP contribution in [0.4, 0.5) is 11.4 Å². The molecule has 0 aliphatic heterocycles. The monoisotopic (exact) mass is 619 g/mol. The molecule has 3 heteroatoms. The Morgan fingerprint density at radius 3 is 1.33 bits per heavy atom. The van der Waals surface area contributed by atoms with Crippen LogP contribution in [0.25, 0.3) is 17.2 Å². The van der Waals surface area contributed by atoms with E-state index in [1.54, 1.807) is 0 Å². The minimum atomic E-state index is 0.701. The van der Waals surface area contributed by atoms with Crippen molar-refractivity contribution in [1.29, 1.82) is 0 Å². The van der Waals surface area contributed by atoms with Crippen LogP contribution in [0, 0.1) is 0 Å². The lowest BCUT2D eigenvalue weighted by atomic mass is 9.97. The summed E-state index contributed by atoms with van der Waals surface area (Å²) < 4.78 is 0. The van der Waals surface area contributed by atoms with Gasteiger partial charge < -0.3 is 4.90 Å². The van der Waals surface area contributed by atoms with Crippen LogP contribution in [0.1, 0.15) is 27.8 Å². The van der Waals surface area contributed by atoms with Gasteiger partial charge in [0.15, 0.2) is 0 Å². The molecular formula is C42H31Cl2N. The molecule has 0 fully saturated rings. The SMILES string of the molecule is Clc1ccc(C(=CN(c2ccccc2)c2ccc(C=CC=C(c3ccccc3)c3ccccc3)cc2)c2ccc(Cl)cc2)cc1. The first-order valence-electron chi connectivity index (χ1n) is 14.8. The van der Waals surface area contributed by atoms with E-state index >= 15 is 0 Å². The van der Waals surface area contributed by atoms with Gasteiger partial charge in [-0.2, -0.15) is 0 Å². The molecule has 0 N–H and O–H groups in total. The van der Waals surface area contributed by atoms with Crippen LogP contribution >= 0.6 is 23.2 Å². The van der Waals surface area contributed by atoms with E-state index in [9.17, 15) is 0 Å². The molecule has 6 rings (SSSR count). The summed E-state index contributed by atoms with van der Waals surface area (Å²) in [6, 6.07) is 55.9. The number of hydrogen-bond acceptors (Lipinski definition) is 1. The molecule has 0 aromatic heterocycles. The van der Waals surface area contributed by atoms with Crippen LogP contribution in [0.15, 0.2) is 182 Å². The first-order valence-corrected chi connectivity index (χ1v) is 15.6. The summed E-state index contributed by atoms with van der Waals surface area (Å²) in [5.41, 5.74) is 9.93. The summed E-state index contributed by atoms with van der Waals surface area (Å²) in [7, 11) is 0. The highest BCUT2D eigenvalue weighted by Crippen LogP contribution is 2.33. The molecule has 0 heterocycles. The number of anilines is 2. The van der Waals surface area contributed by atoms with Crippen molar-refractivity contribution in [2.75, 3.05) is 4.90 Å². The summed E-state index contributed by atoms with van der Waals surface area (Å²) >= 11 is 12.5. The third-order valence-electron chi connectivity index (χ3n) is 7.50. The van der Waals surface area contributed by atoms with Gasteiger partial charge in [0, 0.05) is 33.2 Å². The first kappa shape index (κ1) is 30.0. The molecule has 0 saturated heterocycles. The maximum Gasteiger partial charge on any atom is 0.0456 e. The topological polar surface area (TPSA) is 3.24 Å². The van der Waals surface area contributed by atoms with E-state index in [2.05, 4.69) is 126 Å². The van der Waals surface area contributed by atoms with Crippen molar-refractivity contribution in [3.63, 3.8) is 0 Å². The Morgan fingerprint density at radius 1 is 0.422 bits per heavy atom. The summed E-state index contributed by atoms with van der Waals surface area (Å²) in [6.07, 6.45) is 8.63. The Bertz CT molecular complexity index is 1820. The van der Waals surface area contributed by atoms with Crippen LogP contribution in [0.5, 0.6) is 0 Å². The molecule has 0 aliphatic carbocycles. The number of benzene rings is 6. The van der Waals surface area contributed by atoms with Crippen LogP contribution in [-0.2, 0) is 0 Å². The average Bonchev–Trinajstić information content (AvgIpc) is 3.10. The number of rotatable bonds is 9. The highest BCUT2D eigenvalue weighted by atomic mass is 35.5. The van der Waals surface area contributed by atoms with Gasteiger partial charge in [-0.25, -0.2) is 0 Å². The lowest BCUT2D eigenvalue weighted by molar-refractivity contribution is 1.28. The summed E-state index contributed by atoms with van der Waals surface area (Å²) in [6.45, 7) is 0. The number of hydrogen-bond donors (Lipinski definition) is 0. The molecule has 0 aliphatic rings. The third-order valence-corrected chi connectivity index (χ3v) is 8.00. The van der Waals surface area contributed by atoms with Gasteiger partial charge in [-0.05, 0) is 81.9 Å². The molecule has 6 aromatic rings. The van der Waals surface area contributed by atoms with Crippen LogP contribution in [-0.4, -0.2) is 0 Å². The van der Waals surface area contributed by atoms with E-state index in [4.69, 9.17) is 23.2 Å². The first-order chi connectivity index (χ1) is 22.1. The largest absolute Gasteiger partial charge is 0.317 e. The van der Waals surface area contributed by atoms with Crippen molar-refractivity contribution in [3.05, 3.63) is 220 Å². The highest BCUT2D eigenvalue weighted by Gasteiger charge is 2.12.